The molecule has 0 aliphatic carbocycles. The fraction of sp³-hybridized carbons (Fsp3) is 0.115. The summed E-state index contributed by atoms with van der Waals surface area (Å²) >= 11 is 3.35. The molecule has 0 radical (unpaired) electrons. The Hall–Kier alpha value is -6.79. The number of ether oxygens (including phenoxy) is 2. The molecule has 9 rings (SSSR count). The van der Waals surface area contributed by atoms with E-state index in [1.54, 1.807) is 34.8 Å². The van der Waals surface area contributed by atoms with Gasteiger partial charge in [-0.3, -0.25) is 9.59 Å². The van der Waals surface area contributed by atoms with Crippen molar-refractivity contribution in [2.45, 2.75) is 35.5 Å². The van der Waals surface area contributed by atoms with Crippen LogP contribution in [0.15, 0.2) is 178 Å². The third kappa shape index (κ3) is 8.55. The molecule has 0 N–H and O–H groups in total. The Kier molecular flexibility index (Phi) is 11.8. The second kappa shape index (κ2) is 17.9. The number of carbonyl (C=O) groups is 2. The zero-order valence-electron chi connectivity index (χ0n) is 34.6. The lowest BCUT2D eigenvalue weighted by atomic mass is 10.0. The Morgan fingerprint density at radius 1 is 0.476 bits per heavy atom. The Labute approximate surface area is 375 Å². The summed E-state index contributed by atoms with van der Waals surface area (Å²) in [6, 6.07) is 52.0. The normalized spacial score (nSPS) is 12.3. The summed E-state index contributed by atoms with van der Waals surface area (Å²) in [6.45, 7) is 0. The van der Waals surface area contributed by atoms with Gasteiger partial charge in [-0.1, -0.05) is 72.8 Å². The molecule has 0 amide bonds. The summed E-state index contributed by atoms with van der Waals surface area (Å²) in [5.74, 6) is -0.532. The summed E-state index contributed by atoms with van der Waals surface area (Å²) in [5.41, 5.74) is 10.3. The molecule has 1 aliphatic rings. The number of rotatable bonds is 14. The van der Waals surface area contributed by atoms with Crippen LogP contribution in [0.2, 0.25) is 0 Å². The van der Waals surface area contributed by atoms with E-state index in [9.17, 15) is 18.0 Å². The number of fused-ring (bicyclic) bond motifs is 3. The van der Waals surface area contributed by atoms with Crippen molar-refractivity contribution < 1.29 is 27.5 Å². The molecule has 0 bridgehead atoms. The maximum atomic E-state index is 14.8. The van der Waals surface area contributed by atoms with Crippen LogP contribution in [0.25, 0.3) is 32.0 Å². The van der Waals surface area contributed by atoms with Gasteiger partial charge in [-0.2, -0.15) is 0 Å². The van der Waals surface area contributed by atoms with E-state index >= 15 is 0 Å². The van der Waals surface area contributed by atoms with E-state index < -0.39 is 9.84 Å². The highest BCUT2D eigenvalue weighted by Gasteiger charge is 2.35. The minimum absolute atomic E-state index is 0.240. The van der Waals surface area contributed by atoms with Crippen LogP contribution in [0.4, 0.5) is 34.1 Å². The third-order valence-electron chi connectivity index (χ3n) is 11.3. The van der Waals surface area contributed by atoms with Crippen LogP contribution in [0.3, 0.4) is 0 Å². The maximum absolute atomic E-state index is 14.8. The van der Waals surface area contributed by atoms with Crippen molar-refractivity contribution in [1.82, 2.24) is 0 Å². The van der Waals surface area contributed by atoms with Gasteiger partial charge < -0.3 is 19.3 Å². The molecule has 1 aliphatic heterocycles. The average molecular weight is 887 g/mol. The standard InChI is InChI=1S/C52H42N2O6S3/c1-59-51(55)29-11-35-7-17-39(18-8-35)53(41-21-13-37(14-22-41)47-5-3-31-61-47)43-25-27-45-46-28-26-44(34-50(46)63(57,58)49(45)33-43)54(40-19-9-36(10-20-40)12-30-52(56)60-2)42-23-15-38(16-24-42)48-6-4-32-62-48/h3-10,13-28,31-34H,11-12,29-30H2,1-2H3. The second-order valence-corrected chi connectivity index (χ2v) is 18.9. The van der Waals surface area contributed by atoms with Crippen LogP contribution >= 0.6 is 22.7 Å². The Bertz CT molecular complexity index is 2800. The van der Waals surface area contributed by atoms with Gasteiger partial charge in [-0.15, -0.1) is 22.7 Å². The summed E-state index contributed by atoms with van der Waals surface area (Å²) < 4.78 is 39.3. The zero-order valence-corrected chi connectivity index (χ0v) is 37.0. The van der Waals surface area contributed by atoms with E-state index in [4.69, 9.17) is 9.47 Å². The number of nitrogens with zero attached hydrogens (tertiary/aromatic N) is 2. The highest BCUT2D eigenvalue weighted by Crippen LogP contribution is 2.49. The number of esters is 2. The fourth-order valence-electron chi connectivity index (χ4n) is 7.96. The molecular formula is C52H42N2O6S3. The van der Waals surface area contributed by atoms with Crippen LogP contribution in [-0.4, -0.2) is 34.6 Å². The number of methoxy groups -OCH3 is 2. The quantitative estimate of drug-likeness (QED) is 0.0997. The van der Waals surface area contributed by atoms with Gasteiger partial charge in [0, 0.05) is 67.8 Å². The molecule has 2 aromatic heterocycles. The molecule has 0 fully saturated rings. The number of hydrogen-bond acceptors (Lipinski definition) is 10. The first kappa shape index (κ1) is 41.6. The van der Waals surface area contributed by atoms with Crippen LogP contribution in [0.1, 0.15) is 24.0 Å². The van der Waals surface area contributed by atoms with Gasteiger partial charge in [0.25, 0.3) is 0 Å². The lowest BCUT2D eigenvalue weighted by Crippen LogP contribution is -2.11. The van der Waals surface area contributed by atoms with E-state index in [-0.39, 0.29) is 34.6 Å². The van der Waals surface area contributed by atoms with Gasteiger partial charge in [0.2, 0.25) is 9.84 Å². The lowest BCUT2D eigenvalue weighted by Gasteiger charge is -2.26. The van der Waals surface area contributed by atoms with Gasteiger partial charge in [-0.05, 0) is 131 Å². The molecule has 8 aromatic rings. The van der Waals surface area contributed by atoms with Crippen molar-refractivity contribution in [3.63, 3.8) is 0 Å². The molecule has 0 unspecified atom stereocenters. The van der Waals surface area contributed by atoms with Gasteiger partial charge >= 0.3 is 11.9 Å². The number of aryl methyl sites for hydroxylation is 2. The molecular weight excluding hydrogens is 845 g/mol. The third-order valence-corrected chi connectivity index (χ3v) is 14.9. The number of thiophene rings is 2. The molecule has 0 spiro atoms. The van der Waals surface area contributed by atoms with Gasteiger partial charge in [0.1, 0.15) is 0 Å². The van der Waals surface area contributed by atoms with Crippen molar-refractivity contribution in [3.05, 3.63) is 180 Å². The van der Waals surface area contributed by atoms with E-state index in [1.807, 2.05) is 84.9 Å². The molecule has 3 heterocycles. The SMILES string of the molecule is COC(=O)CCc1ccc(N(c2ccc(-c3cccs3)cc2)c2ccc3c(c2)S(=O)(=O)c2cc(N(c4ccc(CCC(=O)OC)cc4)c4ccc(-c5cccs5)cc4)ccc2-3)cc1. The van der Waals surface area contributed by atoms with Crippen LogP contribution in [0.5, 0.6) is 0 Å². The molecule has 0 atom stereocenters. The first-order valence-corrected chi connectivity index (χ1v) is 23.7. The topological polar surface area (TPSA) is 93.2 Å². The van der Waals surface area contributed by atoms with Crippen LogP contribution in [0, 0.1) is 0 Å². The smallest absolute Gasteiger partial charge is 0.305 e. The van der Waals surface area contributed by atoms with Gasteiger partial charge in [0.15, 0.2) is 0 Å². The van der Waals surface area contributed by atoms with Crippen molar-refractivity contribution in [1.29, 1.82) is 0 Å². The minimum atomic E-state index is -3.97. The van der Waals surface area contributed by atoms with Crippen molar-refractivity contribution in [2.75, 3.05) is 24.0 Å². The summed E-state index contributed by atoms with van der Waals surface area (Å²) in [7, 11) is -1.19. The molecule has 63 heavy (non-hydrogen) atoms. The van der Waals surface area contributed by atoms with Crippen molar-refractivity contribution >= 4 is 78.6 Å². The molecule has 0 saturated heterocycles. The highest BCUT2D eigenvalue weighted by molar-refractivity contribution is 7.92. The van der Waals surface area contributed by atoms with E-state index in [0.717, 1.165) is 54.8 Å². The Morgan fingerprint density at radius 3 is 1.16 bits per heavy atom. The maximum Gasteiger partial charge on any atom is 0.305 e. The predicted molar refractivity (Wildman–Crippen MR) is 254 cm³/mol. The van der Waals surface area contributed by atoms with Crippen molar-refractivity contribution in [3.8, 4) is 32.0 Å². The highest BCUT2D eigenvalue weighted by atomic mass is 32.2. The van der Waals surface area contributed by atoms with E-state index in [1.165, 1.54) is 14.2 Å². The summed E-state index contributed by atoms with van der Waals surface area (Å²) in [6.07, 6.45) is 1.64. The van der Waals surface area contributed by atoms with Crippen LogP contribution < -0.4 is 9.80 Å². The molecule has 8 nitrogen and oxygen atoms in total. The van der Waals surface area contributed by atoms with Gasteiger partial charge in [-0.25, -0.2) is 8.42 Å². The number of benzene rings is 6. The first-order chi connectivity index (χ1) is 30.7. The van der Waals surface area contributed by atoms with E-state index in [2.05, 4.69) is 81.2 Å². The fourth-order valence-corrected chi connectivity index (χ4v) is 11.1. The largest absolute Gasteiger partial charge is 0.469 e. The number of carbonyl (C=O) groups excluding carboxylic acids is 2. The zero-order chi connectivity index (χ0) is 43.5. The summed E-state index contributed by atoms with van der Waals surface area (Å²) in [5, 5.41) is 4.11. The molecule has 314 valence electrons. The number of hydrogen-bond donors (Lipinski definition) is 0. The van der Waals surface area contributed by atoms with Gasteiger partial charge in [0.05, 0.1) is 24.0 Å². The van der Waals surface area contributed by atoms with Crippen LogP contribution in [-0.2, 0) is 41.7 Å². The van der Waals surface area contributed by atoms with E-state index in [0.29, 0.717) is 35.3 Å². The molecule has 0 saturated carbocycles. The average Bonchev–Trinajstić information content (AvgIpc) is 4.11. The first-order valence-electron chi connectivity index (χ1n) is 20.4. The summed E-state index contributed by atoms with van der Waals surface area (Å²) in [4.78, 5) is 30.6. The minimum Gasteiger partial charge on any atom is -0.469 e. The number of sulfone groups is 1. The molecule has 11 heteroatoms. The Morgan fingerprint density at radius 2 is 0.825 bits per heavy atom. The lowest BCUT2D eigenvalue weighted by molar-refractivity contribution is -0.141. The van der Waals surface area contributed by atoms with Crippen molar-refractivity contribution in [2.24, 2.45) is 0 Å². The Balaban J connectivity index is 1.08. The molecule has 6 aromatic carbocycles. The predicted octanol–water partition coefficient (Wildman–Crippen LogP) is 13.1. The number of anilines is 6. The second-order valence-electron chi connectivity index (χ2n) is 15.1. The monoisotopic (exact) mass is 886 g/mol.